The van der Waals surface area contributed by atoms with Gasteiger partial charge in [-0.1, -0.05) is 158 Å². The van der Waals surface area contributed by atoms with Gasteiger partial charge in [0.2, 0.25) is 0 Å². The summed E-state index contributed by atoms with van der Waals surface area (Å²) in [5.41, 5.74) is 12.4. The summed E-state index contributed by atoms with van der Waals surface area (Å²) in [6.07, 6.45) is 0. The molecule has 8 aromatic carbocycles. The topological polar surface area (TPSA) is 56.7 Å². The standard InChI is InChI=1S/C51H32N4O/c1-4-14-35(15-5-1)49-52-50(36-16-6-2-7-17-36)54-51(53-49)42-23-13-24-45-47(42)43-32-37(30-31-44(43)55(45)38-18-8-3-9-19-38)33-26-28-34(29-27-33)39-21-12-22-41-40-20-10-11-25-46(40)56-48(39)41/h1-32H. The number of rotatable bonds is 6. The zero-order chi connectivity index (χ0) is 37.0. The number of nitrogens with zero attached hydrogens (tertiary/aromatic N) is 4. The van der Waals surface area contributed by atoms with E-state index in [4.69, 9.17) is 19.4 Å². The van der Waals surface area contributed by atoms with Crippen molar-refractivity contribution in [1.29, 1.82) is 0 Å². The molecule has 56 heavy (non-hydrogen) atoms. The van der Waals surface area contributed by atoms with E-state index in [-0.39, 0.29) is 0 Å². The Kier molecular flexibility index (Phi) is 7.42. The number of hydrogen-bond donors (Lipinski definition) is 0. The molecule has 5 nitrogen and oxygen atoms in total. The average molecular weight is 717 g/mol. The number of hydrogen-bond acceptors (Lipinski definition) is 4. The van der Waals surface area contributed by atoms with Crippen molar-refractivity contribution in [3.05, 3.63) is 194 Å². The molecule has 0 amide bonds. The molecule has 0 spiro atoms. The highest BCUT2D eigenvalue weighted by atomic mass is 16.3. The van der Waals surface area contributed by atoms with Gasteiger partial charge < -0.3 is 8.98 Å². The zero-order valence-corrected chi connectivity index (χ0v) is 30.2. The molecule has 0 saturated heterocycles. The summed E-state index contributed by atoms with van der Waals surface area (Å²) in [7, 11) is 0. The SMILES string of the molecule is c1ccc(-c2nc(-c3ccccc3)nc(-c3cccc4c3c3cc(-c5ccc(-c6cccc7c6oc6ccccc67)cc5)ccc3n4-c3ccccc3)n2)cc1. The fourth-order valence-electron chi connectivity index (χ4n) is 8.04. The number of para-hydroxylation sites is 3. The lowest BCUT2D eigenvalue weighted by Gasteiger charge is -2.10. The maximum Gasteiger partial charge on any atom is 0.164 e. The summed E-state index contributed by atoms with van der Waals surface area (Å²) in [6, 6.07) is 67.4. The molecule has 0 saturated carbocycles. The van der Waals surface area contributed by atoms with E-state index in [0.717, 1.165) is 88.4 Å². The van der Waals surface area contributed by atoms with E-state index in [2.05, 4.69) is 126 Å². The van der Waals surface area contributed by atoms with Crippen molar-refractivity contribution < 1.29 is 4.42 Å². The van der Waals surface area contributed by atoms with Crippen molar-refractivity contribution in [1.82, 2.24) is 19.5 Å². The van der Waals surface area contributed by atoms with Crippen LogP contribution >= 0.6 is 0 Å². The van der Waals surface area contributed by atoms with Crippen LogP contribution in [0.25, 0.3) is 106 Å². The van der Waals surface area contributed by atoms with Crippen LogP contribution in [0.15, 0.2) is 199 Å². The Morgan fingerprint density at radius 2 is 0.929 bits per heavy atom. The van der Waals surface area contributed by atoms with Crippen LogP contribution < -0.4 is 0 Å². The zero-order valence-electron chi connectivity index (χ0n) is 30.2. The quantitative estimate of drug-likeness (QED) is 0.172. The summed E-state index contributed by atoms with van der Waals surface area (Å²) in [6.45, 7) is 0. The summed E-state index contributed by atoms with van der Waals surface area (Å²) in [5.74, 6) is 1.90. The van der Waals surface area contributed by atoms with E-state index in [1.54, 1.807) is 0 Å². The van der Waals surface area contributed by atoms with Crippen molar-refractivity contribution in [3.8, 4) is 62.1 Å². The van der Waals surface area contributed by atoms with Gasteiger partial charge in [-0.15, -0.1) is 0 Å². The molecule has 5 heteroatoms. The molecule has 11 aromatic rings. The number of aromatic nitrogens is 4. The van der Waals surface area contributed by atoms with Gasteiger partial charge in [-0.2, -0.15) is 0 Å². The third-order valence-corrected chi connectivity index (χ3v) is 10.7. The van der Waals surface area contributed by atoms with E-state index in [1.165, 1.54) is 0 Å². The largest absolute Gasteiger partial charge is 0.455 e. The van der Waals surface area contributed by atoms with Gasteiger partial charge in [0, 0.05) is 49.5 Å². The highest BCUT2D eigenvalue weighted by Crippen LogP contribution is 2.41. The van der Waals surface area contributed by atoms with E-state index in [9.17, 15) is 0 Å². The van der Waals surface area contributed by atoms with Crippen LogP contribution in [0.3, 0.4) is 0 Å². The summed E-state index contributed by atoms with van der Waals surface area (Å²) >= 11 is 0. The van der Waals surface area contributed by atoms with E-state index < -0.39 is 0 Å². The Bertz CT molecular complexity index is 3160. The van der Waals surface area contributed by atoms with Crippen LogP contribution in [0, 0.1) is 0 Å². The monoisotopic (exact) mass is 716 g/mol. The first-order valence-corrected chi connectivity index (χ1v) is 18.8. The van der Waals surface area contributed by atoms with Gasteiger partial charge in [-0.05, 0) is 53.1 Å². The lowest BCUT2D eigenvalue weighted by molar-refractivity contribution is 0.670. The van der Waals surface area contributed by atoms with Gasteiger partial charge in [-0.25, -0.2) is 15.0 Å². The third kappa shape index (κ3) is 5.29. The first-order chi connectivity index (χ1) is 27.8. The lowest BCUT2D eigenvalue weighted by Crippen LogP contribution is -2.00. The maximum absolute atomic E-state index is 6.38. The van der Waals surface area contributed by atoms with Crippen molar-refractivity contribution in [2.45, 2.75) is 0 Å². The van der Waals surface area contributed by atoms with Crippen molar-refractivity contribution in [2.75, 3.05) is 0 Å². The molecule has 0 atom stereocenters. The van der Waals surface area contributed by atoms with Gasteiger partial charge in [0.05, 0.1) is 11.0 Å². The van der Waals surface area contributed by atoms with Gasteiger partial charge in [0.25, 0.3) is 0 Å². The predicted octanol–water partition coefficient (Wildman–Crippen LogP) is 13.2. The third-order valence-electron chi connectivity index (χ3n) is 10.7. The highest BCUT2D eigenvalue weighted by molar-refractivity contribution is 6.16. The normalized spacial score (nSPS) is 11.6. The minimum Gasteiger partial charge on any atom is -0.455 e. The van der Waals surface area contributed by atoms with Crippen LogP contribution in [0.4, 0.5) is 0 Å². The van der Waals surface area contributed by atoms with Gasteiger partial charge in [0.15, 0.2) is 17.5 Å². The molecule has 3 heterocycles. The minimum atomic E-state index is 0.630. The van der Waals surface area contributed by atoms with Crippen LogP contribution in [0.1, 0.15) is 0 Å². The van der Waals surface area contributed by atoms with E-state index in [0.29, 0.717) is 17.5 Å². The highest BCUT2D eigenvalue weighted by Gasteiger charge is 2.20. The number of benzene rings is 8. The lowest BCUT2D eigenvalue weighted by atomic mass is 9.97. The molecule has 0 radical (unpaired) electrons. The second-order valence-corrected chi connectivity index (χ2v) is 14.0. The molecule has 262 valence electrons. The molecule has 0 N–H and O–H groups in total. The maximum atomic E-state index is 6.38. The smallest absolute Gasteiger partial charge is 0.164 e. The van der Waals surface area contributed by atoms with Crippen LogP contribution in [-0.4, -0.2) is 19.5 Å². The summed E-state index contributed by atoms with van der Waals surface area (Å²) in [4.78, 5) is 15.3. The first-order valence-electron chi connectivity index (χ1n) is 18.8. The van der Waals surface area contributed by atoms with Gasteiger partial charge >= 0.3 is 0 Å². The molecule has 0 aliphatic heterocycles. The second-order valence-electron chi connectivity index (χ2n) is 14.0. The fourth-order valence-corrected chi connectivity index (χ4v) is 8.04. The van der Waals surface area contributed by atoms with Crippen LogP contribution in [-0.2, 0) is 0 Å². The van der Waals surface area contributed by atoms with Gasteiger partial charge in [0.1, 0.15) is 11.2 Å². The minimum absolute atomic E-state index is 0.630. The van der Waals surface area contributed by atoms with E-state index >= 15 is 0 Å². The van der Waals surface area contributed by atoms with Crippen LogP contribution in [0.5, 0.6) is 0 Å². The molecule has 0 bridgehead atoms. The predicted molar refractivity (Wildman–Crippen MR) is 229 cm³/mol. The average Bonchev–Trinajstić information content (AvgIpc) is 3.83. The fraction of sp³-hybridized carbons (Fsp3) is 0. The Labute approximate surface area is 322 Å². The molecule has 0 unspecified atom stereocenters. The molecule has 0 fully saturated rings. The number of fused-ring (bicyclic) bond motifs is 6. The molecule has 3 aromatic heterocycles. The van der Waals surface area contributed by atoms with Gasteiger partial charge in [-0.3, -0.25) is 0 Å². The summed E-state index contributed by atoms with van der Waals surface area (Å²) in [5, 5.41) is 4.47. The van der Waals surface area contributed by atoms with E-state index in [1.807, 2.05) is 72.8 Å². The Balaban J connectivity index is 1.10. The number of furan rings is 1. The van der Waals surface area contributed by atoms with Crippen molar-refractivity contribution in [3.63, 3.8) is 0 Å². The second kappa shape index (κ2) is 13.0. The Hall–Kier alpha value is -7.63. The Morgan fingerprint density at radius 3 is 1.66 bits per heavy atom. The summed E-state index contributed by atoms with van der Waals surface area (Å²) < 4.78 is 8.72. The van der Waals surface area contributed by atoms with Crippen LogP contribution in [0.2, 0.25) is 0 Å². The molecule has 0 aliphatic carbocycles. The molecule has 0 aliphatic rings. The molecular formula is C51H32N4O. The molecular weight excluding hydrogens is 685 g/mol. The van der Waals surface area contributed by atoms with Crippen molar-refractivity contribution >= 4 is 43.7 Å². The Morgan fingerprint density at radius 1 is 0.357 bits per heavy atom. The molecule has 11 rings (SSSR count). The first kappa shape index (κ1) is 31.9. The van der Waals surface area contributed by atoms with Crippen molar-refractivity contribution in [2.24, 2.45) is 0 Å².